The SMILES string of the molecule is CCOC(=O)[C@H](CCCO)C(=O)NNc1ccccc1. The lowest BCUT2D eigenvalue weighted by Gasteiger charge is -2.16. The molecule has 0 unspecified atom stereocenters. The number of carbonyl (C=O) groups is 2. The van der Waals surface area contributed by atoms with Crippen LogP contribution in [0, 0.1) is 5.92 Å². The monoisotopic (exact) mass is 280 g/mol. The lowest BCUT2D eigenvalue weighted by atomic mass is 10.0. The first-order chi connectivity index (χ1) is 9.69. The van der Waals surface area contributed by atoms with Crippen molar-refractivity contribution in [2.75, 3.05) is 18.6 Å². The van der Waals surface area contributed by atoms with Crippen LogP contribution in [0.1, 0.15) is 19.8 Å². The van der Waals surface area contributed by atoms with Gasteiger partial charge in [-0.1, -0.05) is 18.2 Å². The Labute approximate surface area is 118 Å². The van der Waals surface area contributed by atoms with E-state index in [2.05, 4.69) is 10.9 Å². The van der Waals surface area contributed by atoms with Gasteiger partial charge in [0.15, 0.2) is 0 Å². The molecule has 0 radical (unpaired) electrons. The maximum Gasteiger partial charge on any atom is 0.318 e. The van der Waals surface area contributed by atoms with Gasteiger partial charge in [-0.05, 0) is 31.9 Å². The van der Waals surface area contributed by atoms with Crippen LogP contribution in [0.25, 0.3) is 0 Å². The van der Waals surface area contributed by atoms with Gasteiger partial charge in [-0.15, -0.1) is 0 Å². The molecular formula is C14H20N2O4. The molecule has 1 rings (SSSR count). The molecule has 1 atom stereocenters. The van der Waals surface area contributed by atoms with Gasteiger partial charge in [-0.3, -0.25) is 20.4 Å². The van der Waals surface area contributed by atoms with Crippen LogP contribution in [0.5, 0.6) is 0 Å². The van der Waals surface area contributed by atoms with Crippen molar-refractivity contribution in [1.29, 1.82) is 0 Å². The van der Waals surface area contributed by atoms with Crippen LogP contribution in [-0.2, 0) is 14.3 Å². The van der Waals surface area contributed by atoms with E-state index in [0.29, 0.717) is 12.1 Å². The van der Waals surface area contributed by atoms with Crippen molar-refractivity contribution in [3.05, 3.63) is 30.3 Å². The second-order valence-corrected chi connectivity index (χ2v) is 4.15. The lowest BCUT2D eigenvalue weighted by molar-refractivity contribution is -0.152. The van der Waals surface area contributed by atoms with Gasteiger partial charge < -0.3 is 9.84 Å². The molecule has 0 spiro atoms. The van der Waals surface area contributed by atoms with Crippen molar-refractivity contribution in [2.45, 2.75) is 19.8 Å². The number of ether oxygens (including phenoxy) is 1. The van der Waals surface area contributed by atoms with Crippen molar-refractivity contribution in [3.63, 3.8) is 0 Å². The second-order valence-electron chi connectivity index (χ2n) is 4.15. The number of rotatable bonds is 8. The summed E-state index contributed by atoms with van der Waals surface area (Å²) in [4.78, 5) is 23.7. The van der Waals surface area contributed by atoms with Crippen LogP contribution in [0.15, 0.2) is 30.3 Å². The van der Waals surface area contributed by atoms with E-state index in [4.69, 9.17) is 9.84 Å². The van der Waals surface area contributed by atoms with E-state index in [-0.39, 0.29) is 19.6 Å². The number of aliphatic hydroxyl groups is 1. The number of amides is 1. The average Bonchev–Trinajstić information content (AvgIpc) is 2.47. The highest BCUT2D eigenvalue weighted by atomic mass is 16.5. The van der Waals surface area contributed by atoms with Gasteiger partial charge in [0.1, 0.15) is 5.92 Å². The Morgan fingerprint density at radius 1 is 1.30 bits per heavy atom. The Morgan fingerprint density at radius 2 is 2.00 bits per heavy atom. The lowest BCUT2D eigenvalue weighted by Crippen LogP contribution is -2.39. The molecule has 0 saturated heterocycles. The van der Waals surface area contributed by atoms with Crippen LogP contribution in [0.4, 0.5) is 5.69 Å². The van der Waals surface area contributed by atoms with Gasteiger partial charge in [0, 0.05) is 6.61 Å². The molecule has 6 nitrogen and oxygen atoms in total. The summed E-state index contributed by atoms with van der Waals surface area (Å²) in [6, 6.07) is 9.07. The Bertz CT molecular complexity index is 422. The van der Waals surface area contributed by atoms with E-state index >= 15 is 0 Å². The number of benzene rings is 1. The number of para-hydroxylation sites is 1. The van der Waals surface area contributed by atoms with E-state index in [1.54, 1.807) is 19.1 Å². The number of anilines is 1. The summed E-state index contributed by atoms with van der Waals surface area (Å²) in [5.74, 6) is -1.97. The molecule has 6 heteroatoms. The van der Waals surface area contributed by atoms with Crippen molar-refractivity contribution >= 4 is 17.6 Å². The summed E-state index contributed by atoms with van der Waals surface area (Å²) in [5, 5.41) is 8.82. The Kier molecular flexibility index (Phi) is 7.13. The number of hydrogen-bond acceptors (Lipinski definition) is 5. The Balaban J connectivity index is 2.56. The third-order valence-electron chi connectivity index (χ3n) is 2.64. The van der Waals surface area contributed by atoms with Crippen LogP contribution >= 0.6 is 0 Å². The highest BCUT2D eigenvalue weighted by molar-refractivity contribution is 5.98. The van der Waals surface area contributed by atoms with Gasteiger partial charge in [-0.2, -0.15) is 0 Å². The summed E-state index contributed by atoms with van der Waals surface area (Å²) >= 11 is 0. The smallest absolute Gasteiger partial charge is 0.318 e. The quantitative estimate of drug-likeness (QED) is 0.377. The van der Waals surface area contributed by atoms with Gasteiger partial charge in [0.25, 0.3) is 5.91 Å². The van der Waals surface area contributed by atoms with Crippen LogP contribution < -0.4 is 10.9 Å². The third kappa shape index (κ3) is 5.27. The number of hydrazine groups is 1. The maximum absolute atomic E-state index is 12.0. The van der Waals surface area contributed by atoms with Crippen LogP contribution in [0.2, 0.25) is 0 Å². The zero-order valence-electron chi connectivity index (χ0n) is 11.5. The molecule has 20 heavy (non-hydrogen) atoms. The molecule has 0 fully saturated rings. The molecule has 0 aliphatic heterocycles. The molecule has 1 amide bonds. The molecule has 0 bridgehead atoms. The molecule has 1 aromatic carbocycles. The third-order valence-corrected chi connectivity index (χ3v) is 2.64. The van der Waals surface area contributed by atoms with Crippen molar-refractivity contribution in [3.8, 4) is 0 Å². The number of carbonyl (C=O) groups excluding carboxylic acids is 2. The predicted molar refractivity (Wildman–Crippen MR) is 74.7 cm³/mol. The van der Waals surface area contributed by atoms with Crippen LogP contribution in [0.3, 0.4) is 0 Å². The zero-order chi connectivity index (χ0) is 14.8. The summed E-state index contributed by atoms with van der Waals surface area (Å²) in [5.41, 5.74) is 5.92. The van der Waals surface area contributed by atoms with Gasteiger partial charge in [0.05, 0.1) is 12.3 Å². The standard InChI is InChI=1S/C14H20N2O4/c1-2-20-14(19)12(9-6-10-17)13(18)16-15-11-7-4-3-5-8-11/h3-5,7-8,12,15,17H,2,6,9-10H2,1H3,(H,16,18)/t12-/m1/s1. The normalized spacial score (nSPS) is 11.5. The fourth-order valence-electron chi connectivity index (χ4n) is 1.64. The first-order valence-corrected chi connectivity index (χ1v) is 6.57. The fraction of sp³-hybridized carbons (Fsp3) is 0.429. The van der Waals surface area contributed by atoms with E-state index < -0.39 is 17.8 Å². The number of aliphatic hydroxyl groups excluding tert-OH is 1. The molecule has 110 valence electrons. The molecule has 3 N–H and O–H groups in total. The average molecular weight is 280 g/mol. The molecule has 0 aromatic heterocycles. The van der Waals surface area contributed by atoms with Crippen molar-refractivity contribution in [1.82, 2.24) is 5.43 Å². The minimum atomic E-state index is -0.918. The predicted octanol–water partition coefficient (Wildman–Crippen LogP) is 1.08. The first kappa shape index (κ1) is 16.0. The van der Waals surface area contributed by atoms with Crippen molar-refractivity contribution in [2.24, 2.45) is 5.92 Å². The minimum Gasteiger partial charge on any atom is -0.465 e. The molecule has 0 aliphatic rings. The highest BCUT2D eigenvalue weighted by Crippen LogP contribution is 2.10. The molecule has 1 aromatic rings. The van der Waals surface area contributed by atoms with E-state index in [0.717, 1.165) is 0 Å². The number of nitrogens with one attached hydrogen (secondary N) is 2. The molecular weight excluding hydrogens is 260 g/mol. The largest absolute Gasteiger partial charge is 0.465 e. The number of hydrogen-bond donors (Lipinski definition) is 3. The Hall–Kier alpha value is -2.08. The summed E-state index contributed by atoms with van der Waals surface area (Å²) < 4.78 is 4.87. The topological polar surface area (TPSA) is 87.7 Å². The molecule has 0 aliphatic carbocycles. The van der Waals surface area contributed by atoms with Gasteiger partial charge >= 0.3 is 5.97 Å². The van der Waals surface area contributed by atoms with Crippen molar-refractivity contribution < 1.29 is 19.4 Å². The fourth-order valence-corrected chi connectivity index (χ4v) is 1.64. The van der Waals surface area contributed by atoms with E-state index in [1.807, 2.05) is 18.2 Å². The molecule has 0 heterocycles. The summed E-state index contributed by atoms with van der Waals surface area (Å²) in [6.45, 7) is 1.82. The van der Waals surface area contributed by atoms with Crippen LogP contribution in [-0.4, -0.2) is 30.2 Å². The first-order valence-electron chi connectivity index (χ1n) is 6.57. The minimum absolute atomic E-state index is 0.0741. The number of esters is 1. The van der Waals surface area contributed by atoms with E-state index in [9.17, 15) is 9.59 Å². The second kappa shape index (κ2) is 8.92. The summed E-state index contributed by atoms with van der Waals surface area (Å²) in [7, 11) is 0. The maximum atomic E-state index is 12.0. The van der Waals surface area contributed by atoms with Gasteiger partial charge in [-0.25, -0.2) is 0 Å². The van der Waals surface area contributed by atoms with Gasteiger partial charge in [0.2, 0.25) is 0 Å². The van der Waals surface area contributed by atoms with E-state index in [1.165, 1.54) is 0 Å². The molecule has 0 saturated carbocycles. The Morgan fingerprint density at radius 3 is 2.60 bits per heavy atom. The zero-order valence-corrected chi connectivity index (χ0v) is 11.5. The summed E-state index contributed by atoms with van der Waals surface area (Å²) in [6.07, 6.45) is 0.611. The highest BCUT2D eigenvalue weighted by Gasteiger charge is 2.27.